The zero-order valence-electron chi connectivity index (χ0n) is 16.9. The molecule has 0 aliphatic heterocycles. The van der Waals surface area contributed by atoms with E-state index in [1.54, 1.807) is 24.3 Å². The molecule has 0 spiro atoms. The molecule has 2 aromatic heterocycles. The molecule has 158 valence electrons. The van der Waals surface area contributed by atoms with Crippen LogP contribution in [0.1, 0.15) is 12.5 Å². The van der Waals surface area contributed by atoms with Gasteiger partial charge in [0.2, 0.25) is 5.88 Å². The highest BCUT2D eigenvalue weighted by molar-refractivity contribution is 5.90. The van der Waals surface area contributed by atoms with Crippen molar-refractivity contribution in [2.45, 2.75) is 13.3 Å². The monoisotopic (exact) mass is 420 g/mol. The quantitative estimate of drug-likeness (QED) is 0.445. The van der Waals surface area contributed by atoms with Gasteiger partial charge in [-0.2, -0.15) is 4.52 Å². The van der Waals surface area contributed by atoms with Crippen molar-refractivity contribution < 1.29 is 13.9 Å². The number of aryl methyl sites for hydroxylation is 1. The maximum atomic E-state index is 13.5. The van der Waals surface area contributed by atoms with Crippen molar-refractivity contribution >= 4 is 17.4 Å². The topological polar surface area (TPSA) is 93.4 Å². The van der Waals surface area contributed by atoms with Gasteiger partial charge in [-0.3, -0.25) is 0 Å². The largest absolute Gasteiger partial charge is 0.475 e. The molecule has 9 heteroatoms. The zero-order valence-corrected chi connectivity index (χ0v) is 16.9. The first kappa shape index (κ1) is 20.3. The van der Waals surface area contributed by atoms with Crippen LogP contribution in [0.2, 0.25) is 0 Å². The third-order valence-electron chi connectivity index (χ3n) is 4.61. The highest BCUT2D eigenvalue weighted by atomic mass is 19.1. The second kappa shape index (κ2) is 9.21. The number of urea groups is 1. The van der Waals surface area contributed by atoms with E-state index in [2.05, 4.69) is 25.9 Å². The van der Waals surface area contributed by atoms with E-state index in [0.29, 0.717) is 29.5 Å². The number of nitrogens with one attached hydrogen (secondary N) is 2. The van der Waals surface area contributed by atoms with Gasteiger partial charge >= 0.3 is 6.03 Å². The van der Waals surface area contributed by atoms with Crippen LogP contribution in [-0.4, -0.2) is 39.0 Å². The highest BCUT2D eigenvalue weighted by Crippen LogP contribution is 2.20. The molecule has 0 radical (unpaired) electrons. The highest BCUT2D eigenvalue weighted by Gasteiger charge is 2.11. The van der Waals surface area contributed by atoms with E-state index in [0.717, 1.165) is 17.7 Å². The maximum absolute atomic E-state index is 13.5. The Bertz CT molecular complexity index is 1210. The van der Waals surface area contributed by atoms with Crippen molar-refractivity contribution in [3.8, 4) is 17.3 Å². The van der Waals surface area contributed by atoms with E-state index in [4.69, 9.17) is 4.74 Å². The normalized spacial score (nSPS) is 10.8. The fourth-order valence-electron chi connectivity index (χ4n) is 3.09. The van der Waals surface area contributed by atoms with E-state index in [-0.39, 0.29) is 18.5 Å². The molecule has 0 aliphatic rings. The van der Waals surface area contributed by atoms with Gasteiger partial charge < -0.3 is 15.4 Å². The predicted octanol–water partition coefficient (Wildman–Crippen LogP) is 3.69. The molecule has 8 nitrogen and oxygen atoms in total. The average molecular weight is 420 g/mol. The third kappa shape index (κ3) is 4.77. The molecule has 31 heavy (non-hydrogen) atoms. The Morgan fingerprint density at radius 3 is 2.81 bits per heavy atom. The Kier molecular flexibility index (Phi) is 6.02. The molecule has 0 bridgehead atoms. The fourth-order valence-corrected chi connectivity index (χ4v) is 3.09. The van der Waals surface area contributed by atoms with Gasteiger partial charge in [0.05, 0.1) is 6.54 Å². The Hall–Kier alpha value is -4.01. The second-order valence-corrected chi connectivity index (χ2v) is 6.72. The Labute approximate surface area is 178 Å². The van der Waals surface area contributed by atoms with Crippen LogP contribution in [0.25, 0.3) is 17.0 Å². The number of carbonyl (C=O) groups is 1. The standard InChI is InChI=1S/C22H21FN6O2/c1-2-15-6-3-4-9-18(15)25-22(30)24-12-13-31-20-11-10-19-26-27-21(29(19)28-20)16-7-5-8-17(23)14-16/h3-11,14H,2,12-13H2,1H3,(H2,24,25,30). The summed E-state index contributed by atoms with van der Waals surface area (Å²) < 4.78 is 20.7. The van der Waals surface area contributed by atoms with Crippen LogP contribution in [-0.2, 0) is 6.42 Å². The molecular formula is C22H21FN6O2. The molecule has 0 saturated carbocycles. The summed E-state index contributed by atoms with van der Waals surface area (Å²) in [4.78, 5) is 12.1. The lowest BCUT2D eigenvalue weighted by Crippen LogP contribution is -2.32. The number of hydrogen-bond acceptors (Lipinski definition) is 5. The molecule has 4 rings (SSSR count). The van der Waals surface area contributed by atoms with Crippen LogP contribution >= 0.6 is 0 Å². The number of nitrogens with zero attached hydrogens (tertiary/aromatic N) is 4. The first-order valence-electron chi connectivity index (χ1n) is 9.88. The van der Waals surface area contributed by atoms with Crippen LogP contribution in [0.4, 0.5) is 14.9 Å². The van der Waals surface area contributed by atoms with Crippen LogP contribution in [0.3, 0.4) is 0 Å². The number of fused-ring (bicyclic) bond motifs is 1. The molecule has 0 aliphatic carbocycles. The minimum Gasteiger partial charge on any atom is -0.475 e. The lowest BCUT2D eigenvalue weighted by molar-refractivity contribution is 0.246. The van der Waals surface area contributed by atoms with Crippen LogP contribution in [0.5, 0.6) is 5.88 Å². The van der Waals surface area contributed by atoms with Gasteiger partial charge in [0.1, 0.15) is 12.4 Å². The van der Waals surface area contributed by atoms with Gasteiger partial charge in [-0.25, -0.2) is 9.18 Å². The number of carbonyl (C=O) groups excluding carboxylic acids is 1. The van der Waals surface area contributed by atoms with E-state index >= 15 is 0 Å². The Morgan fingerprint density at radius 1 is 1.10 bits per heavy atom. The molecule has 2 heterocycles. The minimum absolute atomic E-state index is 0.221. The number of para-hydroxylation sites is 1. The Morgan fingerprint density at radius 2 is 1.97 bits per heavy atom. The SMILES string of the molecule is CCc1ccccc1NC(=O)NCCOc1ccc2nnc(-c3cccc(F)c3)n2n1. The van der Waals surface area contributed by atoms with Crippen molar-refractivity contribution in [2.75, 3.05) is 18.5 Å². The summed E-state index contributed by atoms with van der Waals surface area (Å²) in [5.74, 6) is 0.378. The zero-order chi connectivity index (χ0) is 21.6. The van der Waals surface area contributed by atoms with E-state index in [1.807, 2.05) is 31.2 Å². The summed E-state index contributed by atoms with van der Waals surface area (Å²) in [5, 5.41) is 18.1. The van der Waals surface area contributed by atoms with Gasteiger partial charge in [-0.05, 0) is 36.2 Å². The number of benzene rings is 2. The first-order chi connectivity index (χ1) is 15.1. The number of rotatable bonds is 7. The van der Waals surface area contributed by atoms with Gasteiger partial charge in [0, 0.05) is 17.3 Å². The number of ether oxygens (including phenoxy) is 1. The summed E-state index contributed by atoms with van der Waals surface area (Å²) >= 11 is 0. The summed E-state index contributed by atoms with van der Waals surface area (Å²) in [7, 11) is 0. The Balaban J connectivity index is 1.35. The summed E-state index contributed by atoms with van der Waals surface area (Å²) in [5.41, 5.74) is 2.92. The van der Waals surface area contributed by atoms with E-state index < -0.39 is 0 Å². The van der Waals surface area contributed by atoms with Crippen LogP contribution in [0, 0.1) is 5.82 Å². The molecule has 0 fully saturated rings. The predicted molar refractivity (Wildman–Crippen MR) is 115 cm³/mol. The van der Waals surface area contributed by atoms with Gasteiger partial charge in [-0.1, -0.05) is 37.3 Å². The van der Waals surface area contributed by atoms with Crippen molar-refractivity contribution in [1.82, 2.24) is 25.1 Å². The number of aromatic nitrogens is 4. The van der Waals surface area contributed by atoms with Gasteiger partial charge in [0.15, 0.2) is 11.5 Å². The van der Waals surface area contributed by atoms with Gasteiger partial charge in [-0.15, -0.1) is 15.3 Å². The maximum Gasteiger partial charge on any atom is 0.319 e. The third-order valence-corrected chi connectivity index (χ3v) is 4.61. The molecule has 0 saturated heterocycles. The van der Waals surface area contributed by atoms with Crippen molar-refractivity contribution in [3.05, 3.63) is 72.0 Å². The molecule has 0 atom stereocenters. The molecule has 2 N–H and O–H groups in total. The number of hydrogen-bond donors (Lipinski definition) is 2. The van der Waals surface area contributed by atoms with Crippen molar-refractivity contribution in [2.24, 2.45) is 0 Å². The molecule has 2 aromatic carbocycles. The van der Waals surface area contributed by atoms with Crippen molar-refractivity contribution in [1.29, 1.82) is 0 Å². The summed E-state index contributed by atoms with van der Waals surface area (Å²) in [6.45, 7) is 2.54. The molecule has 4 aromatic rings. The molecular weight excluding hydrogens is 399 g/mol. The summed E-state index contributed by atoms with van der Waals surface area (Å²) in [6, 6.07) is 16.8. The van der Waals surface area contributed by atoms with E-state index in [1.165, 1.54) is 16.6 Å². The second-order valence-electron chi connectivity index (χ2n) is 6.72. The number of amides is 2. The molecule has 2 amide bonds. The fraction of sp³-hybridized carbons (Fsp3) is 0.182. The van der Waals surface area contributed by atoms with Gasteiger partial charge in [0.25, 0.3) is 0 Å². The van der Waals surface area contributed by atoms with Crippen molar-refractivity contribution in [3.63, 3.8) is 0 Å². The molecule has 0 unspecified atom stereocenters. The lowest BCUT2D eigenvalue weighted by Gasteiger charge is -2.11. The average Bonchev–Trinajstić information content (AvgIpc) is 3.20. The minimum atomic E-state index is -0.368. The van der Waals surface area contributed by atoms with Crippen LogP contribution < -0.4 is 15.4 Å². The number of anilines is 1. The smallest absolute Gasteiger partial charge is 0.319 e. The lowest BCUT2D eigenvalue weighted by atomic mass is 10.1. The first-order valence-corrected chi connectivity index (χ1v) is 9.88. The van der Waals surface area contributed by atoms with E-state index in [9.17, 15) is 9.18 Å². The summed E-state index contributed by atoms with van der Waals surface area (Å²) in [6.07, 6.45) is 0.828. The number of halogens is 1. The van der Waals surface area contributed by atoms with Crippen LogP contribution in [0.15, 0.2) is 60.7 Å².